The van der Waals surface area contributed by atoms with Crippen molar-refractivity contribution in [3.8, 4) is 0 Å². The van der Waals surface area contributed by atoms with E-state index >= 15 is 0 Å². The number of carbonyl (C=O) groups is 5. The Kier molecular flexibility index (Phi) is 21.3. The molecule has 3 N–H and O–H groups in total. The highest BCUT2D eigenvalue weighted by Crippen LogP contribution is 2.35. The summed E-state index contributed by atoms with van der Waals surface area (Å²) in [7, 11) is 0. The van der Waals surface area contributed by atoms with Crippen molar-refractivity contribution in [2.45, 2.75) is 52.1 Å². The number of aromatic nitrogens is 2. The number of Topliss-reactive ketones (excluding diaryl/α,β-unsaturated/α-hetero) is 2. The number of hydrogen-bond acceptors (Lipinski definition) is 10. The van der Waals surface area contributed by atoms with Crippen LogP contribution in [0.2, 0.25) is 0 Å². The average Bonchev–Trinajstić information content (AvgIpc) is 4.49. The van der Waals surface area contributed by atoms with Crippen molar-refractivity contribution in [1.82, 2.24) is 9.13 Å². The summed E-state index contributed by atoms with van der Waals surface area (Å²) < 4.78 is 82.6. The predicted molar refractivity (Wildman–Crippen MR) is 306 cm³/mol. The first kappa shape index (κ1) is 60.5. The van der Waals surface area contributed by atoms with Crippen LogP contribution < -0.4 is 21.8 Å². The van der Waals surface area contributed by atoms with Gasteiger partial charge in [-0.1, -0.05) is 60.7 Å². The molecule has 0 bridgehead atoms. The number of hydrogen-bond donors (Lipinski definition) is 3. The highest BCUT2D eigenvalue weighted by atomic mass is 32.1. The smallest absolute Gasteiger partial charge is 0.261 e. The van der Waals surface area contributed by atoms with E-state index in [1.807, 2.05) is 95.7 Å². The quantitative estimate of drug-likeness (QED) is 0.0282. The number of aldehydes is 1. The fourth-order valence-corrected chi connectivity index (χ4v) is 9.53. The van der Waals surface area contributed by atoms with Gasteiger partial charge in [0.2, 0.25) is 5.91 Å². The summed E-state index contributed by atoms with van der Waals surface area (Å²) in [6, 6.07) is 27.8. The lowest BCUT2D eigenvalue weighted by molar-refractivity contribution is -0.115. The number of anilines is 2. The van der Waals surface area contributed by atoms with E-state index < -0.39 is 46.0 Å². The number of benzene rings is 4. The van der Waals surface area contributed by atoms with Crippen molar-refractivity contribution in [2.24, 2.45) is 0 Å². The number of amides is 2. The number of aliphatic hydroxyl groups excluding tert-OH is 1. The van der Waals surface area contributed by atoms with Crippen LogP contribution in [0.5, 0.6) is 0 Å². The molecule has 420 valence electrons. The molecule has 0 saturated carbocycles. The number of nitrogens with zero attached hydrogens (tertiary/aromatic N) is 2. The SMILES string of the molecule is CCO.O=C1Cc2ccc(/C=C/CCC(=O)c3cccn(Cc4cc(F)c(F)c(F)c4)c3=O)cc2N1.O=C1Nc2cc(/C=C/CCC(=O)c3cccn(Cc4cc(F)c(F)c(F)c4)c3=O)ccc2/C1=C/c1cccs1.O=Cc1cccs1. The lowest BCUT2D eigenvalue weighted by atomic mass is 10.0. The number of aliphatic hydroxyl groups is 1. The van der Waals surface area contributed by atoms with Crippen LogP contribution in [0.1, 0.15) is 101 Å². The van der Waals surface area contributed by atoms with Crippen molar-refractivity contribution >= 4 is 87.5 Å². The van der Waals surface area contributed by atoms with Gasteiger partial charge >= 0.3 is 0 Å². The number of carbonyl (C=O) groups excluding carboxylic acids is 5. The summed E-state index contributed by atoms with van der Waals surface area (Å²) in [4.78, 5) is 86.3. The zero-order valence-electron chi connectivity index (χ0n) is 43.6. The van der Waals surface area contributed by atoms with E-state index in [0.29, 0.717) is 30.5 Å². The number of thiophene rings is 2. The van der Waals surface area contributed by atoms with E-state index in [0.717, 1.165) is 77.4 Å². The Morgan fingerprint density at radius 2 is 1.09 bits per heavy atom. The Morgan fingerprint density at radius 3 is 1.55 bits per heavy atom. The van der Waals surface area contributed by atoms with Gasteiger partial charge in [0.1, 0.15) is 0 Å². The number of halogens is 6. The van der Waals surface area contributed by atoms with E-state index in [1.54, 1.807) is 24.3 Å². The summed E-state index contributed by atoms with van der Waals surface area (Å²) in [5.41, 5.74) is 4.45. The second-order valence-electron chi connectivity index (χ2n) is 18.1. The standard InChI is InChI=1S/C30H21F3N2O3S.C25H19F3N2O3.C5H4OS.C2H6O/c31-24-13-19(14-25(32)28(24)33)17-35-11-3-7-22(30(35)38)27(36)8-2-1-5-18-9-10-21-23(16-20-6-4-12-39-20)29(37)34-26(21)15-18;26-19-10-16(11-20(27)24(19)28)14-30-9-3-5-18(25(30)33)22(31)6-2-1-4-15-7-8-17-13-23(32)29-21(17)12-15;6-4-5-2-1-3-7-5;1-2-3/h1,3-7,9-16H,2,8,17H2,(H,34,37);1,3-5,7-12H,2,6,13-14H2,(H,29,32);1-4H;3H,2H2,1H3/b5-1+,23-16-;4-1+;;. The molecule has 20 heteroatoms. The third-order valence-corrected chi connectivity index (χ3v) is 13.8. The molecule has 0 aliphatic carbocycles. The Balaban J connectivity index is 0.000000204. The van der Waals surface area contributed by atoms with Gasteiger partial charge in [-0.2, -0.15) is 0 Å². The maximum absolute atomic E-state index is 13.5. The van der Waals surface area contributed by atoms with E-state index in [9.17, 15) is 59.9 Å². The van der Waals surface area contributed by atoms with E-state index in [2.05, 4.69) is 10.6 Å². The first-order valence-electron chi connectivity index (χ1n) is 25.2. The Labute approximate surface area is 473 Å². The third kappa shape index (κ3) is 16.0. The molecule has 82 heavy (non-hydrogen) atoms. The first-order valence-corrected chi connectivity index (χ1v) is 27.0. The summed E-state index contributed by atoms with van der Waals surface area (Å²) in [6.07, 6.45) is 14.1. The number of allylic oxidation sites excluding steroid dienone is 2. The molecule has 12 nitrogen and oxygen atoms in total. The minimum absolute atomic E-state index is 0.0331. The Hall–Kier alpha value is -9.11. The molecule has 2 amide bonds. The maximum atomic E-state index is 13.5. The molecule has 8 aromatic rings. The molecule has 0 fully saturated rings. The van der Waals surface area contributed by atoms with Crippen molar-refractivity contribution < 1.29 is 55.4 Å². The second kappa shape index (κ2) is 28.9. The van der Waals surface area contributed by atoms with Gasteiger partial charge in [0.15, 0.2) is 52.8 Å². The summed E-state index contributed by atoms with van der Waals surface area (Å²) in [6.45, 7) is 1.51. The molecule has 0 spiro atoms. The predicted octanol–water partition coefficient (Wildman–Crippen LogP) is 12.6. The molecule has 0 saturated heterocycles. The van der Waals surface area contributed by atoms with Gasteiger partial charge in [-0.15, -0.1) is 22.7 Å². The summed E-state index contributed by atoms with van der Waals surface area (Å²) in [5, 5.41) is 17.1. The maximum Gasteiger partial charge on any atom is 0.261 e. The highest BCUT2D eigenvalue weighted by molar-refractivity contribution is 7.11. The van der Waals surface area contributed by atoms with Gasteiger partial charge < -0.3 is 24.9 Å². The van der Waals surface area contributed by atoms with Gasteiger partial charge in [-0.05, 0) is 137 Å². The lowest BCUT2D eigenvalue weighted by Gasteiger charge is -2.08. The zero-order valence-corrected chi connectivity index (χ0v) is 45.2. The number of nitrogens with one attached hydrogen (secondary N) is 2. The topological polar surface area (TPSA) is 174 Å². The van der Waals surface area contributed by atoms with Crippen LogP contribution in [0.3, 0.4) is 0 Å². The van der Waals surface area contributed by atoms with E-state index in [1.165, 1.54) is 48.0 Å². The first-order chi connectivity index (χ1) is 39.5. The number of ketones is 2. The van der Waals surface area contributed by atoms with Crippen molar-refractivity contribution in [1.29, 1.82) is 0 Å². The normalized spacial score (nSPS) is 12.6. The molecule has 4 aromatic carbocycles. The van der Waals surface area contributed by atoms with Crippen LogP contribution in [-0.4, -0.2) is 50.5 Å². The largest absolute Gasteiger partial charge is 0.397 e. The molecule has 4 aromatic heterocycles. The molecule has 0 radical (unpaired) electrons. The van der Waals surface area contributed by atoms with Crippen LogP contribution in [0.25, 0.3) is 23.8 Å². The fraction of sp³-hybridized carbons (Fsp3) is 0.145. The highest BCUT2D eigenvalue weighted by Gasteiger charge is 2.24. The number of fused-ring (bicyclic) bond motifs is 2. The minimum atomic E-state index is -1.58. The fourth-order valence-electron chi connectivity index (χ4n) is 8.34. The van der Waals surface area contributed by atoms with Crippen molar-refractivity contribution in [3.63, 3.8) is 0 Å². The van der Waals surface area contributed by atoms with Gasteiger partial charge in [0, 0.05) is 53.7 Å². The Bertz CT molecular complexity index is 3820. The molecule has 0 atom stereocenters. The van der Waals surface area contributed by atoms with Gasteiger partial charge in [0.05, 0.1) is 41.1 Å². The van der Waals surface area contributed by atoms with Crippen LogP contribution >= 0.6 is 22.7 Å². The zero-order chi connectivity index (χ0) is 58.9. The third-order valence-electron chi connectivity index (χ3n) is 12.2. The van der Waals surface area contributed by atoms with Crippen molar-refractivity contribution in [2.75, 3.05) is 17.2 Å². The van der Waals surface area contributed by atoms with Crippen LogP contribution in [0.4, 0.5) is 37.7 Å². The van der Waals surface area contributed by atoms with Gasteiger partial charge in [-0.3, -0.25) is 33.6 Å². The van der Waals surface area contributed by atoms with Gasteiger partial charge in [0.25, 0.3) is 17.0 Å². The van der Waals surface area contributed by atoms with E-state index in [4.69, 9.17) is 5.11 Å². The Morgan fingerprint density at radius 1 is 0.610 bits per heavy atom. The number of pyridine rings is 2. The van der Waals surface area contributed by atoms with Crippen LogP contribution in [0.15, 0.2) is 154 Å². The average molecular weight is 1160 g/mol. The molecule has 2 aliphatic rings. The lowest BCUT2D eigenvalue weighted by Crippen LogP contribution is -2.26. The monoisotopic (exact) mass is 1160 g/mol. The van der Waals surface area contributed by atoms with Gasteiger partial charge in [-0.25, -0.2) is 26.3 Å². The molecule has 10 rings (SSSR count). The minimum Gasteiger partial charge on any atom is -0.397 e. The second-order valence-corrected chi connectivity index (χ2v) is 20.1. The summed E-state index contributed by atoms with van der Waals surface area (Å²) >= 11 is 3.01. The van der Waals surface area contributed by atoms with Crippen LogP contribution in [-0.2, 0) is 29.1 Å². The molecular weight excluding hydrogens is 1110 g/mol. The molecule has 0 unspecified atom stereocenters. The molecule has 6 heterocycles. The van der Waals surface area contributed by atoms with Crippen molar-refractivity contribution in [3.05, 3.63) is 254 Å². The number of rotatable bonds is 16. The van der Waals surface area contributed by atoms with Crippen LogP contribution in [0, 0.1) is 34.9 Å². The molecular formula is C62H50F6N4O8S2. The molecule has 2 aliphatic heterocycles. The summed E-state index contributed by atoms with van der Waals surface area (Å²) in [5.74, 6) is -9.48. The van der Waals surface area contributed by atoms with E-state index in [-0.39, 0.29) is 78.2 Å².